The number of carbonyl (C=O) groups excluding carboxylic acids is 2. The molecule has 0 atom stereocenters. The fourth-order valence-electron chi connectivity index (χ4n) is 2.55. The lowest BCUT2D eigenvalue weighted by Gasteiger charge is -2.31. The summed E-state index contributed by atoms with van der Waals surface area (Å²) in [5.41, 5.74) is 1.03. The first-order valence-corrected chi connectivity index (χ1v) is 6.84. The molecule has 2 N–H and O–H groups in total. The third-order valence-electron chi connectivity index (χ3n) is 3.87. The van der Waals surface area contributed by atoms with Gasteiger partial charge in [0, 0.05) is 26.1 Å². The molecule has 2 amide bonds. The van der Waals surface area contributed by atoms with Crippen molar-refractivity contribution in [1.29, 1.82) is 0 Å². The van der Waals surface area contributed by atoms with E-state index in [1.807, 2.05) is 0 Å². The van der Waals surface area contributed by atoms with Gasteiger partial charge in [-0.2, -0.15) is 0 Å². The lowest BCUT2D eigenvalue weighted by atomic mass is 9.95. The summed E-state index contributed by atoms with van der Waals surface area (Å²) in [5.74, 6) is -0.0989. The summed E-state index contributed by atoms with van der Waals surface area (Å²) in [6, 6.07) is 5.17. The fourth-order valence-corrected chi connectivity index (χ4v) is 2.55. The molecule has 108 valence electrons. The molecule has 0 aliphatic carbocycles. The van der Waals surface area contributed by atoms with E-state index in [0.29, 0.717) is 37.1 Å². The zero-order chi connectivity index (χ0) is 14.7. The summed E-state index contributed by atoms with van der Waals surface area (Å²) in [5, 5.41) is 12.6. The number of hydrogen-bond acceptors (Lipinski definition) is 3. The summed E-state index contributed by atoms with van der Waals surface area (Å²) in [6.45, 7) is 2.86. The second-order valence-electron chi connectivity index (χ2n) is 5.15. The van der Waals surface area contributed by atoms with Crippen LogP contribution >= 0.6 is 0 Å². The number of amides is 2. The Morgan fingerprint density at radius 1 is 1.30 bits per heavy atom. The molecule has 0 radical (unpaired) electrons. The molecular formula is C15H20N2O3. The predicted octanol–water partition coefficient (Wildman–Crippen LogP) is 1.30. The van der Waals surface area contributed by atoms with E-state index in [4.69, 9.17) is 0 Å². The topological polar surface area (TPSA) is 69.6 Å². The highest BCUT2D eigenvalue weighted by molar-refractivity contribution is 5.97. The highest BCUT2D eigenvalue weighted by atomic mass is 16.3. The number of rotatable bonds is 2. The van der Waals surface area contributed by atoms with Gasteiger partial charge in [-0.25, -0.2) is 0 Å². The number of benzene rings is 1. The average Bonchev–Trinajstić information content (AvgIpc) is 2.48. The van der Waals surface area contributed by atoms with Gasteiger partial charge in [-0.1, -0.05) is 12.1 Å². The molecule has 1 fully saturated rings. The maximum absolute atomic E-state index is 12.4. The second kappa shape index (κ2) is 5.94. The van der Waals surface area contributed by atoms with Gasteiger partial charge in [0.05, 0.1) is 5.56 Å². The number of nitrogens with one attached hydrogen (secondary N) is 1. The summed E-state index contributed by atoms with van der Waals surface area (Å²) in [7, 11) is 1.63. The van der Waals surface area contributed by atoms with E-state index in [0.717, 1.165) is 0 Å². The minimum atomic E-state index is -0.165. The van der Waals surface area contributed by atoms with Crippen molar-refractivity contribution >= 4 is 11.8 Å². The number of likely N-dealkylation sites (tertiary alicyclic amines) is 1. The average molecular weight is 276 g/mol. The molecule has 1 saturated heterocycles. The normalized spacial score (nSPS) is 16.0. The minimum absolute atomic E-state index is 0.0184. The molecule has 5 heteroatoms. The number of aryl methyl sites for hydroxylation is 1. The zero-order valence-corrected chi connectivity index (χ0v) is 11.8. The van der Waals surface area contributed by atoms with Crippen LogP contribution in [0, 0.1) is 12.8 Å². The number of para-hydroxylation sites is 1. The van der Waals surface area contributed by atoms with E-state index in [-0.39, 0.29) is 23.5 Å². The number of phenols is 1. The molecule has 0 bridgehead atoms. The standard InChI is InChI=1S/C15H20N2O3/c1-10-4-3-5-12(13(10)18)15(20)17-8-6-11(7-9-17)14(19)16-2/h3-5,11,18H,6-9H2,1-2H3,(H,16,19). The maximum atomic E-state index is 12.4. The Bertz CT molecular complexity index is 520. The second-order valence-corrected chi connectivity index (χ2v) is 5.15. The van der Waals surface area contributed by atoms with Crippen LogP contribution < -0.4 is 5.32 Å². The van der Waals surface area contributed by atoms with E-state index in [1.165, 1.54) is 0 Å². The Morgan fingerprint density at radius 2 is 1.95 bits per heavy atom. The third kappa shape index (κ3) is 2.76. The van der Waals surface area contributed by atoms with Crippen molar-refractivity contribution in [3.63, 3.8) is 0 Å². The summed E-state index contributed by atoms with van der Waals surface area (Å²) >= 11 is 0. The highest BCUT2D eigenvalue weighted by Crippen LogP contribution is 2.25. The molecule has 1 aromatic carbocycles. The van der Waals surface area contributed by atoms with Gasteiger partial charge in [0.25, 0.3) is 5.91 Å². The smallest absolute Gasteiger partial charge is 0.257 e. The fraction of sp³-hybridized carbons (Fsp3) is 0.467. The predicted molar refractivity (Wildman–Crippen MR) is 75.5 cm³/mol. The van der Waals surface area contributed by atoms with E-state index >= 15 is 0 Å². The molecule has 0 spiro atoms. The Hall–Kier alpha value is -2.04. The van der Waals surface area contributed by atoms with Crippen LogP contribution in [-0.2, 0) is 4.79 Å². The van der Waals surface area contributed by atoms with Crippen LogP contribution in [0.5, 0.6) is 5.75 Å². The van der Waals surface area contributed by atoms with Crippen molar-refractivity contribution < 1.29 is 14.7 Å². The number of hydrogen-bond donors (Lipinski definition) is 2. The van der Waals surface area contributed by atoms with E-state index in [2.05, 4.69) is 5.32 Å². The van der Waals surface area contributed by atoms with Crippen LogP contribution in [0.3, 0.4) is 0 Å². The molecule has 1 aromatic rings. The number of nitrogens with zero attached hydrogens (tertiary/aromatic N) is 1. The van der Waals surface area contributed by atoms with E-state index < -0.39 is 0 Å². The van der Waals surface area contributed by atoms with Gasteiger partial charge >= 0.3 is 0 Å². The number of piperidine rings is 1. The van der Waals surface area contributed by atoms with Gasteiger partial charge < -0.3 is 15.3 Å². The summed E-state index contributed by atoms with van der Waals surface area (Å²) < 4.78 is 0. The Labute approximate surface area is 118 Å². The SMILES string of the molecule is CNC(=O)C1CCN(C(=O)c2cccc(C)c2O)CC1. The monoisotopic (exact) mass is 276 g/mol. The summed E-state index contributed by atoms with van der Waals surface area (Å²) in [4.78, 5) is 25.6. The molecule has 2 rings (SSSR count). The molecule has 1 aliphatic rings. The zero-order valence-electron chi connectivity index (χ0n) is 11.8. The number of carbonyl (C=O) groups is 2. The van der Waals surface area contributed by atoms with Crippen molar-refractivity contribution in [1.82, 2.24) is 10.2 Å². The minimum Gasteiger partial charge on any atom is -0.507 e. The lowest BCUT2D eigenvalue weighted by Crippen LogP contribution is -2.42. The van der Waals surface area contributed by atoms with E-state index in [9.17, 15) is 14.7 Å². The van der Waals surface area contributed by atoms with Gasteiger partial charge in [0.1, 0.15) is 5.75 Å². The van der Waals surface area contributed by atoms with Crippen LogP contribution in [0.4, 0.5) is 0 Å². The maximum Gasteiger partial charge on any atom is 0.257 e. The summed E-state index contributed by atoms with van der Waals surface area (Å²) in [6.07, 6.45) is 1.33. The Balaban J connectivity index is 2.05. The lowest BCUT2D eigenvalue weighted by molar-refractivity contribution is -0.125. The highest BCUT2D eigenvalue weighted by Gasteiger charge is 2.28. The van der Waals surface area contributed by atoms with Gasteiger partial charge in [-0.05, 0) is 31.4 Å². The van der Waals surface area contributed by atoms with Crippen LogP contribution in [0.15, 0.2) is 18.2 Å². The molecule has 0 aromatic heterocycles. The Morgan fingerprint density at radius 3 is 2.55 bits per heavy atom. The van der Waals surface area contributed by atoms with Crippen molar-refractivity contribution in [2.24, 2.45) is 5.92 Å². The quantitative estimate of drug-likeness (QED) is 0.855. The molecule has 1 aliphatic heterocycles. The first-order chi connectivity index (χ1) is 9.54. The number of aromatic hydroxyl groups is 1. The molecular weight excluding hydrogens is 256 g/mol. The van der Waals surface area contributed by atoms with Crippen LogP contribution in [0.25, 0.3) is 0 Å². The van der Waals surface area contributed by atoms with Crippen molar-refractivity contribution in [3.05, 3.63) is 29.3 Å². The van der Waals surface area contributed by atoms with Crippen LogP contribution in [0.1, 0.15) is 28.8 Å². The van der Waals surface area contributed by atoms with E-state index in [1.54, 1.807) is 37.1 Å². The molecule has 0 saturated carbocycles. The van der Waals surface area contributed by atoms with Crippen LogP contribution in [0.2, 0.25) is 0 Å². The molecule has 1 heterocycles. The largest absolute Gasteiger partial charge is 0.507 e. The van der Waals surface area contributed by atoms with Crippen molar-refractivity contribution in [2.75, 3.05) is 20.1 Å². The first kappa shape index (κ1) is 14.4. The van der Waals surface area contributed by atoms with Crippen LogP contribution in [-0.4, -0.2) is 42.0 Å². The first-order valence-electron chi connectivity index (χ1n) is 6.84. The Kier molecular flexibility index (Phi) is 4.27. The van der Waals surface area contributed by atoms with Crippen molar-refractivity contribution in [2.45, 2.75) is 19.8 Å². The third-order valence-corrected chi connectivity index (χ3v) is 3.87. The molecule has 5 nitrogen and oxygen atoms in total. The van der Waals surface area contributed by atoms with Gasteiger partial charge in [-0.3, -0.25) is 9.59 Å². The van der Waals surface area contributed by atoms with Gasteiger partial charge in [-0.15, -0.1) is 0 Å². The van der Waals surface area contributed by atoms with Gasteiger partial charge in [0.15, 0.2) is 0 Å². The molecule has 20 heavy (non-hydrogen) atoms. The number of phenolic OH excluding ortho intramolecular Hbond substituents is 1. The van der Waals surface area contributed by atoms with Gasteiger partial charge in [0.2, 0.25) is 5.91 Å². The van der Waals surface area contributed by atoms with Crippen molar-refractivity contribution in [3.8, 4) is 5.75 Å². The molecule has 0 unspecified atom stereocenters.